The molecule has 0 radical (unpaired) electrons. The molecular formula is C15H17ClN2O2. The predicted molar refractivity (Wildman–Crippen MR) is 76.4 cm³/mol. The van der Waals surface area contributed by atoms with E-state index in [1.54, 1.807) is 19.1 Å². The quantitative estimate of drug-likeness (QED) is 0.931. The van der Waals surface area contributed by atoms with Crippen LogP contribution in [-0.2, 0) is 0 Å². The molecular weight excluding hydrogens is 276 g/mol. The second-order valence-corrected chi connectivity index (χ2v) is 6.33. The van der Waals surface area contributed by atoms with Crippen molar-refractivity contribution in [1.29, 1.82) is 5.26 Å². The monoisotopic (exact) mass is 292 g/mol. The molecule has 2 rings (SSSR count). The molecule has 5 heteroatoms. The molecule has 1 heterocycles. The molecule has 1 N–H and O–H groups in total. The van der Waals surface area contributed by atoms with E-state index < -0.39 is 11.5 Å². The first kappa shape index (κ1) is 14.8. The van der Waals surface area contributed by atoms with Gasteiger partial charge in [0.25, 0.3) is 5.91 Å². The number of benzene rings is 1. The van der Waals surface area contributed by atoms with Crippen LogP contribution in [-0.4, -0.2) is 29.1 Å². The highest BCUT2D eigenvalue weighted by Gasteiger charge is 2.40. The average molecular weight is 293 g/mol. The summed E-state index contributed by atoms with van der Waals surface area (Å²) in [7, 11) is 0. The van der Waals surface area contributed by atoms with E-state index in [0.29, 0.717) is 28.3 Å². The molecule has 1 aromatic rings. The summed E-state index contributed by atoms with van der Waals surface area (Å²) in [4.78, 5) is 14.1. The molecule has 1 amide bonds. The Labute approximate surface area is 123 Å². The Balaban J connectivity index is 2.48. The van der Waals surface area contributed by atoms with Crippen LogP contribution in [0, 0.1) is 23.7 Å². The van der Waals surface area contributed by atoms with E-state index in [9.17, 15) is 15.2 Å². The molecule has 4 nitrogen and oxygen atoms in total. The lowest BCUT2D eigenvalue weighted by molar-refractivity contribution is 0.0591. The number of aliphatic hydroxyl groups excluding tert-OH is 1. The second-order valence-electron chi connectivity index (χ2n) is 5.92. The number of nitriles is 1. The van der Waals surface area contributed by atoms with E-state index in [-0.39, 0.29) is 12.5 Å². The number of carbonyl (C=O) groups excluding carboxylic acids is 1. The highest BCUT2D eigenvalue weighted by molar-refractivity contribution is 6.32. The van der Waals surface area contributed by atoms with Gasteiger partial charge in [0.2, 0.25) is 0 Å². The number of carbonyl (C=O) groups is 1. The Hall–Kier alpha value is -1.57. The van der Waals surface area contributed by atoms with Gasteiger partial charge in [0, 0.05) is 29.2 Å². The van der Waals surface area contributed by atoms with Crippen LogP contribution in [0.15, 0.2) is 12.1 Å². The topological polar surface area (TPSA) is 64.3 Å². The van der Waals surface area contributed by atoms with E-state index >= 15 is 0 Å². The molecule has 1 aromatic carbocycles. The standard InChI is InChI=1S/C15H17ClN2O2/c1-9-11(16)5-4-10-12(6-17)18(14(20)13(9)10)7-15(2,3)8-19/h4-5,12,19H,7-8H2,1-3H3. The molecule has 1 aliphatic heterocycles. The summed E-state index contributed by atoms with van der Waals surface area (Å²) < 4.78 is 0. The van der Waals surface area contributed by atoms with Gasteiger partial charge >= 0.3 is 0 Å². The van der Waals surface area contributed by atoms with Gasteiger partial charge in [0.05, 0.1) is 11.6 Å². The summed E-state index contributed by atoms with van der Waals surface area (Å²) in [5, 5.41) is 19.3. The van der Waals surface area contributed by atoms with Crippen molar-refractivity contribution in [1.82, 2.24) is 4.90 Å². The summed E-state index contributed by atoms with van der Waals surface area (Å²) in [6, 6.07) is 5.02. The lowest BCUT2D eigenvalue weighted by Crippen LogP contribution is -2.38. The van der Waals surface area contributed by atoms with Gasteiger partial charge in [0.15, 0.2) is 0 Å². The van der Waals surface area contributed by atoms with Crippen molar-refractivity contribution in [2.75, 3.05) is 13.2 Å². The van der Waals surface area contributed by atoms with Crippen molar-refractivity contribution in [3.63, 3.8) is 0 Å². The van der Waals surface area contributed by atoms with Gasteiger partial charge in [-0.15, -0.1) is 0 Å². The Morgan fingerprint density at radius 2 is 2.15 bits per heavy atom. The minimum atomic E-state index is -0.612. The van der Waals surface area contributed by atoms with Crippen LogP contribution in [0.4, 0.5) is 0 Å². The van der Waals surface area contributed by atoms with E-state index in [4.69, 9.17) is 11.6 Å². The SMILES string of the molecule is Cc1c(Cl)ccc2c1C(=O)N(CC(C)(C)CO)C2C#N. The molecule has 0 bridgehead atoms. The van der Waals surface area contributed by atoms with Gasteiger partial charge in [-0.25, -0.2) is 0 Å². The lowest BCUT2D eigenvalue weighted by Gasteiger charge is -2.30. The summed E-state index contributed by atoms with van der Waals surface area (Å²) in [6.07, 6.45) is 0. The van der Waals surface area contributed by atoms with E-state index in [0.717, 1.165) is 0 Å². The zero-order valence-corrected chi connectivity index (χ0v) is 12.5. The van der Waals surface area contributed by atoms with Gasteiger partial charge in [-0.2, -0.15) is 5.26 Å². The van der Waals surface area contributed by atoms with Crippen LogP contribution < -0.4 is 0 Å². The van der Waals surface area contributed by atoms with Gasteiger partial charge in [-0.05, 0) is 18.6 Å². The second kappa shape index (κ2) is 5.08. The molecule has 0 aromatic heterocycles. The maximum atomic E-state index is 12.6. The highest BCUT2D eigenvalue weighted by Crippen LogP contribution is 2.38. The third-order valence-electron chi connectivity index (χ3n) is 3.66. The van der Waals surface area contributed by atoms with Crippen molar-refractivity contribution < 1.29 is 9.90 Å². The molecule has 20 heavy (non-hydrogen) atoms. The third kappa shape index (κ3) is 2.28. The molecule has 0 saturated heterocycles. The number of nitrogens with zero attached hydrogens (tertiary/aromatic N) is 2. The van der Waals surface area contributed by atoms with E-state index in [2.05, 4.69) is 6.07 Å². The van der Waals surface area contributed by atoms with Crippen LogP contribution in [0.25, 0.3) is 0 Å². The Morgan fingerprint density at radius 3 is 2.70 bits per heavy atom. The molecule has 0 spiro atoms. The maximum Gasteiger partial charge on any atom is 0.255 e. The fraction of sp³-hybridized carbons (Fsp3) is 0.467. The third-order valence-corrected chi connectivity index (χ3v) is 4.07. The molecule has 1 aliphatic rings. The van der Waals surface area contributed by atoms with Crippen LogP contribution in [0.3, 0.4) is 0 Å². The zero-order chi connectivity index (χ0) is 15.1. The zero-order valence-electron chi connectivity index (χ0n) is 11.8. The lowest BCUT2D eigenvalue weighted by atomic mass is 9.93. The Bertz CT molecular complexity index is 605. The minimum absolute atomic E-state index is 0.0506. The van der Waals surface area contributed by atoms with Crippen LogP contribution in [0.5, 0.6) is 0 Å². The number of halogens is 1. The van der Waals surface area contributed by atoms with Gasteiger partial charge in [-0.3, -0.25) is 4.79 Å². The van der Waals surface area contributed by atoms with Crippen LogP contribution in [0.2, 0.25) is 5.02 Å². The first-order chi connectivity index (χ1) is 9.32. The number of aliphatic hydroxyl groups is 1. The van der Waals surface area contributed by atoms with Crippen molar-refractivity contribution in [2.24, 2.45) is 5.41 Å². The molecule has 1 unspecified atom stereocenters. The number of hydrogen-bond donors (Lipinski definition) is 1. The van der Waals surface area contributed by atoms with Crippen molar-refractivity contribution in [2.45, 2.75) is 26.8 Å². The summed E-state index contributed by atoms with van der Waals surface area (Å²) in [5.74, 6) is -0.187. The van der Waals surface area contributed by atoms with Crippen molar-refractivity contribution in [3.8, 4) is 6.07 Å². The molecule has 0 fully saturated rings. The normalized spacial score (nSPS) is 18.1. The maximum absolute atomic E-state index is 12.6. The van der Waals surface area contributed by atoms with Crippen molar-refractivity contribution >= 4 is 17.5 Å². The molecule has 0 saturated carbocycles. The Kier molecular flexibility index (Phi) is 3.77. The molecule has 0 aliphatic carbocycles. The average Bonchev–Trinajstić information content (AvgIpc) is 2.67. The summed E-state index contributed by atoms with van der Waals surface area (Å²) in [6.45, 7) is 5.78. The summed E-state index contributed by atoms with van der Waals surface area (Å²) >= 11 is 6.06. The van der Waals surface area contributed by atoms with E-state index in [1.165, 1.54) is 4.90 Å². The van der Waals surface area contributed by atoms with E-state index in [1.807, 2.05) is 13.8 Å². The van der Waals surface area contributed by atoms with Gasteiger partial charge < -0.3 is 10.0 Å². The molecule has 1 atom stereocenters. The van der Waals surface area contributed by atoms with Crippen molar-refractivity contribution in [3.05, 3.63) is 33.8 Å². The van der Waals surface area contributed by atoms with Gasteiger partial charge in [-0.1, -0.05) is 31.5 Å². The van der Waals surface area contributed by atoms with Crippen LogP contribution in [0.1, 0.15) is 41.4 Å². The number of rotatable bonds is 3. The summed E-state index contributed by atoms with van der Waals surface area (Å²) in [5.41, 5.74) is 1.48. The highest BCUT2D eigenvalue weighted by atomic mass is 35.5. The minimum Gasteiger partial charge on any atom is -0.396 e. The number of amides is 1. The predicted octanol–water partition coefficient (Wildman–Crippen LogP) is 2.69. The largest absolute Gasteiger partial charge is 0.396 e. The first-order valence-corrected chi connectivity index (χ1v) is 6.80. The fourth-order valence-electron chi connectivity index (χ4n) is 2.46. The smallest absolute Gasteiger partial charge is 0.255 e. The first-order valence-electron chi connectivity index (χ1n) is 6.43. The fourth-order valence-corrected chi connectivity index (χ4v) is 2.62. The Morgan fingerprint density at radius 1 is 1.50 bits per heavy atom. The number of fused-ring (bicyclic) bond motifs is 1. The molecule has 106 valence electrons. The van der Waals surface area contributed by atoms with Crippen LogP contribution >= 0.6 is 11.6 Å². The number of hydrogen-bond acceptors (Lipinski definition) is 3. The van der Waals surface area contributed by atoms with Gasteiger partial charge in [0.1, 0.15) is 6.04 Å².